The summed E-state index contributed by atoms with van der Waals surface area (Å²) in [4.78, 5) is 15.6. The third-order valence-corrected chi connectivity index (χ3v) is 1.87. The lowest BCUT2D eigenvalue weighted by Gasteiger charge is -2.26. The predicted octanol–water partition coefficient (Wildman–Crippen LogP) is 3.10. The smallest absolute Gasteiger partial charge is 0.227 e. The van der Waals surface area contributed by atoms with Crippen molar-refractivity contribution in [2.45, 2.75) is 48.5 Å². The van der Waals surface area contributed by atoms with E-state index >= 15 is 0 Å². The van der Waals surface area contributed by atoms with Crippen LogP contribution >= 0.6 is 0 Å². The summed E-state index contributed by atoms with van der Waals surface area (Å²) < 4.78 is 0. The van der Waals surface area contributed by atoms with Gasteiger partial charge < -0.3 is 9.80 Å². The minimum absolute atomic E-state index is 0.203. The molecule has 0 saturated carbocycles. The van der Waals surface area contributed by atoms with Crippen molar-refractivity contribution in [1.29, 1.82) is 0 Å². The molecule has 0 aliphatic rings. The standard InChI is InChI=1S/C10H22N2O.C5H12/c1-10(2,3)9(13)12(6)8-7-11(4)5;1-5(2,3)4/h7-8H2,1-6H3;1-4H3. The molecule has 0 unspecified atom stereocenters. The van der Waals surface area contributed by atoms with E-state index < -0.39 is 0 Å². The summed E-state index contributed by atoms with van der Waals surface area (Å²) in [6.45, 7) is 16.3. The summed E-state index contributed by atoms with van der Waals surface area (Å²) >= 11 is 0. The lowest BCUT2D eigenvalue weighted by Crippen LogP contribution is -2.40. The molecule has 0 aromatic rings. The lowest BCUT2D eigenvalue weighted by molar-refractivity contribution is -0.138. The van der Waals surface area contributed by atoms with Crippen LogP contribution in [0.1, 0.15) is 48.5 Å². The molecule has 3 heteroatoms. The van der Waals surface area contributed by atoms with Gasteiger partial charge in [-0.2, -0.15) is 0 Å². The number of carbonyl (C=O) groups is 1. The number of amides is 1. The van der Waals surface area contributed by atoms with Crippen LogP contribution in [0.15, 0.2) is 0 Å². The van der Waals surface area contributed by atoms with Crippen molar-refractivity contribution in [3.63, 3.8) is 0 Å². The van der Waals surface area contributed by atoms with Gasteiger partial charge in [0.2, 0.25) is 5.91 Å². The molecule has 3 nitrogen and oxygen atoms in total. The molecule has 0 N–H and O–H groups in total. The Labute approximate surface area is 115 Å². The maximum absolute atomic E-state index is 11.7. The van der Waals surface area contributed by atoms with Crippen molar-refractivity contribution in [3.8, 4) is 0 Å². The molecule has 1 amide bonds. The largest absolute Gasteiger partial charge is 0.344 e. The number of hydrogen-bond donors (Lipinski definition) is 0. The Bertz CT molecular complexity index is 228. The summed E-state index contributed by atoms with van der Waals surface area (Å²) in [5.41, 5.74) is 0.237. The Morgan fingerprint density at radius 3 is 1.39 bits per heavy atom. The number of nitrogens with zero attached hydrogens (tertiary/aromatic N) is 2. The molecule has 0 radical (unpaired) electrons. The third kappa shape index (κ3) is 15.4. The van der Waals surface area contributed by atoms with E-state index in [-0.39, 0.29) is 11.3 Å². The second-order valence-electron chi connectivity index (χ2n) is 7.78. The fraction of sp³-hybridized carbons (Fsp3) is 0.933. The van der Waals surface area contributed by atoms with Crippen molar-refractivity contribution in [2.24, 2.45) is 10.8 Å². The normalized spacial score (nSPS) is 11.9. The van der Waals surface area contributed by atoms with Crippen molar-refractivity contribution >= 4 is 5.91 Å². The zero-order valence-corrected chi connectivity index (χ0v) is 14.2. The number of rotatable bonds is 3. The van der Waals surface area contributed by atoms with Gasteiger partial charge in [-0.15, -0.1) is 0 Å². The molecule has 0 aromatic heterocycles. The van der Waals surface area contributed by atoms with Crippen LogP contribution in [0.2, 0.25) is 0 Å². The highest BCUT2D eigenvalue weighted by molar-refractivity contribution is 5.81. The molecule has 0 atom stereocenters. The van der Waals surface area contributed by atoms with Gasteiger partial charge in [-0.3, -0.25) is 4.79 Å². The minimum atomic E-state index is -0.263. The highest BCUT2D eigenvalue weighted by atomic mass is 16.2. The van der Waals surface area contributed by atoms with E-state index in [1.807, 2.05) is 41.9 Å². The first-order chi connectivity index (χ1) is 7.75. The lowest BCUT2D eigenvalue weighted by atomic mass is 9.95. The molecule has 0 heterocycles. The molecular formula is C15H34N2O. The average molecular weight is 258 g/mol. The molecule has 0 aromatic carbocycles. The molecule has 18 heavy (non-hydrogen) atoms. The number of likely N-dealkylation sites (N-methyl/N-ethyl adjacent to an activating group) is 2. The topological polar surface area (TPSA) is 23.6 Å². The van der Waals surface area contributed by atoms with Gasteiger partial charge in [-0.25, -0.2) is 0 Å². The maximum Gasteiger partial charge on any atom is 0.227 e. The van der Waals surface area contributed by atoms with Crippen LogP contribution in [-0.4, -0.2) is 49.9 Å². The first-order valence-corrected chi connectivity index (χ1v) is 6.65. The highest BCUT2D eigenvalue weighted by Crippen LogP contribution is 2.15. The molecule has 0 aliphatic carbocycles. The highest BCUT2D eigenvalue weighted by Gasteiger charge is 2.24. The van der Waals surface area contributed by atoms with Gasteiger partial charge in [0, 0.05) is 25.6 Å². The molecular weight excluding hydrogens is 224 g/mol. The van der Waals surface area contributed by atoms with Gasteiger partial charge in [0.25, 0.3) is 0 Å². The Morgan fingerprint density at radius 1 is 0.833 bits per heavy atom. The van der Waals surface area contributed by atoms with Crippen LogP contribution in [-0.2, 0) is 4.79 Å². The molecule has 110 valence electrons. The van der Waals surface area contributed by atoms with Crippen LogP contribution in [0.25, 0.3) is 0 Å². The van der Waals surface area contributed by atoms with E-state index in [4.69, 9.17) is 0 Å². The molecule has 0 fully saturated rings. The second kappa shape index (κ2) is 7.78. The predicted molar refractivity (Wildman–Crippen MR) is 80.8 cm³/mol. The van der Waals surface area contributed by atoms with Crippen LogP contribution in [0, 0.1) is 10.8 Å². The van der Waals surface area contributed by atoms with Gasteiger partial charge in [0.1, 0.15) is 0 Å². The van der Waals surface area contributed by atoms with E-state index in [2.05, 4.69) is 32.6 Å². The minimum Gasteiger partial charge on any atom is -0.344 e. The summed E-state index contributed by atoms with van der Waals surface area (Å²) in [6.07, 6.45) is 0. The van der Waals surface area contributed by atoms with Crippen molar-refractivity contribution in [3.05, 3.63) is 0 Å². The van der Waals surface area contributed by atoms with Crippen LogP contribution in [0.5, 0.6) is 0 Å². The third-order valence-electron chi connectivity index (χ3n) is 1.87. The van der Waals surface area contributed by atoms with Crippen molar-refractivity contribution < 1.29 is 4.79 Å². The molecule has 0 spiro atoms. The fourth-order valence-electron chi connectivity index (χ4n) is 1.02. The Morgan fingerprint density at radius 2 is 1.17 bits per heavy atom. The van der Waals surface area contributed by atoms with E-state index in [9.17, 15) is 4.79 Å². The van der Waals surface area contributed by atoms with Crippen molar-refractivity contribution in [1.82, 2.24) is 9.80 Å². The number of carbonyl (C=O) groups excluding carboxylic acids is 1. The second-order valence-corrected chi connectivity index (χ2v) is 7.78. The number of hydrogen-bond acceptors (Lipinski definition) is 2. The van der Waals surface area contributed by atoms with Gasteiger partial charge in [-0.1, -0.05) is 48.5 Å². The zero-order chi connectivity index (χ0) is 15.1. The van der Waals surface area contributed by atoms with Gasteiger partial charge in [0.15, 0.2) is 0 Å². The Kier molecular flexibility index (Phi) is 8.54. The molecule has 0 saturated heterocycles. The van der Waals surface area contributed by atoms with Crippen LogP contribution < -0.4 is 0 Å². The maximum atomic E-state index is 11.7. The van der Waals surface area contributed by atoms with Gasteiger partial charge in [0.05, 0.1) is 0 Å². The molecule has 0 rings (SSSR count). The zero-order valence-electron chi connectivity index (χ0n) is 14.2. The van der Waals surface area contributed by atoms with Crippen LogP contribution in [0.3, 0.4) is 0 Å². The first kappa shape index (κ1) is 19.8. The summed E-state index contributed by atoms with van der Waals surface area (Å²) in [5, 5.41) is 0. The van der Waals surface area contributed by atoms with E-state index in [0.717, 1.165) is 13.1 Å². The molecule has 0 aliphatic heterocycles. The van der Waals surface area contributed by atoms with E-state index in [1.165, 1.54) is 0 Å². The monoisotopic (exact) mass is 258 g/mol. The fourth-order valence-corrected chi connectivity index (χ4v) is 1.02. The van der Waals surface area contributed by atoms with Gasteiger partial charge in [-0.05, 0) is 19.5 Å². The van der Waals surface area contributed by atoms with E-state index in [0.29, 0.717) is 5.41 Å². The average Bonchev–Trinajstić information content (AvgIpc) is 2.08. The molecule has 0 bridgehead atoms. The summed E-state index contributed by atoms with van der Waals surface area (Å²) in [5.74, 6) is 0.203. The quantitative estimate of drug-likeness (QED) is 0.776. The Hall–Kier alpha value is -0.570. The summed E-state index contributed by atoms with van der Waals surface area (Å²) in [6, 6.07) is 0. The van der Waals surface area contributed by atoms with Crippen molar-refractivity contribution in [2.75, 3.05) is 34.2 Å². The SMILES string of the molecule is CC(C)(C)C.CN(C)CCN(C)C(=O)C(C)(C)C. The van der Waals surface area contributed by atoms with Gasteiger partial charge >= 0.3 is 0 Å². The summed E-state index contributed by atoms with van der Waals surface area (Å²) in [7, 11) is 5.88. The Balaban J connectivity index is 0. The van der Waals surface area contributed by atoms with E-state index in [1.54, 1.807) is 4.90 Å². The first-order valence-electron chi connectivity index (χ1n) is 6.65. The van der Waals surface area contributed by atoms with Crippen LogP contribution in [0.4, 0.5) is 0 Å².